The minimum absolute atomic E-state index is 0.357. The minimum atomic E-state index is 0.357. The number of hydrogen-bond acceptors (Lipinski definition) is 3. The SMILES string of the molecule is CCNC(CCC(C)(C)C)C1CN(C)CCO1. The summed E-state index contributed by atoms with van der Waals surface area (Å²) in [6, 6.07) is 0.502. The molecule has 1 aliphatic rings. The molecule has 2 unspecified atom stereocenters. The van der Waals surface area contributed by atoms with Crippen molar-refractivity contribution in [2.75, 3.05) is 33.3 Å². The summed E-state index contributed by atoms with van der Waals surface area (Å²) in [7, 11) is 2.18. The zero-order valence-electron chi connectivity index (χ0n) is 12.3. The van der Waals surface area contributed by atoms with Crippen LogP contribution in [0.25, 0.3) is 0 Å². The van der Waals surface area contributed by atoms with E-state index in [1.165, 1.54) is 12.8 Å². The largest absolute Gasteiger partial charge is 0.374 e. The summed E-state index contributed by atoms with van der Waals surface area (Å²) >= 11 is 0. The molecular weight excluding hydrogens is 212 g/mol. The molecule has 0 amide bonds. The Morgan fingerprint density at radius 2 is 2.12 bits per heavy atom. The Hall–Kier alpha value is -0.120. The monoisotopic (exact) mass is 242 g/mol. The van der Waals surface area contributed by atoms with Gasteiger partial charge in [0.25, 0.3) is 0 Å². The lowest BCUT2D eigenvalue weighted by Crippen LogP contribution is -2.51. The summed E-state index contributed by atoms with van der Waals surface area (Å²) in [5.74, 6) is 0. The lowest BCUT2D eigenvalue weighted by Gasteiger charge is -2.36. The van der Waals surface area contributed by atoms with E-state index in [9.17, 15) is 0 Å². The van der Waals surface area contributed by atoms with Gasteiger partial charge in [-0.15, -0.1) is 0 Å². The van der Waals surface area contributed by atoms with Crippen LogP contribution in [0.2, 0.25) is 0 Å². The first-order chi connectivity index (χ1) is 7.92. The van der Waals surface area contributed by atoms with Crippen molar-refractivity contribution in [3.63, 3.8) is 0 Å². The lowest BCUT2D eigenvalue weighted by atomic mass is 9.87. The van der Waals surface area contributed by atoms with E-state index in [1.54, 1.807) is 0 Å². The summed E-state index contributed by atoms with van der Waals surface area (Å²) in [6.45, 7) is 13.1. The smallest absolute Gasteiger partial charge is 0.0855 e. The van der Waals surface area contributed by atoms with Gasteiger partial charge >= 0.3 is 0 Å². The van der Waals surface area contributed by atoms with Gasteiger partial charge in [0.2, 0.25) is 0 Å². The maximum absolute atomic E-state index is 5.92. The molecule has 0 aromatic carbocycles. The quantitative estimate of drug-likeness (QED) is 0.799. The molecule has 0 aromatic rings. The molecular formula is C14H30N2O. The number of ether oxygens (including phenoxy) is 1. The van der Waals surface area contributed by atoms with Crippen molar-refractivity contribution < 1.29 is 4.74 Å². The van der Waals surface area contributed by atoms with E-state index in [4.69, 9.17) is 4.74 Å². The van der Waals surface area contributed by atoms with Crippen molar-refractivity contribution in [2.45, 2.75) is 52.7 Å². The molecule has 0 bridgehead atoms. The van der Waals surface area contributed by atoms with E-state index in [1.807, 2.05) is 0 Å². The fourth-order valence-electron chi connectivity index (χ4n) is 2.32. The summed E-state index contributed by atoms with van der Waals surface area (Å²) < 4.78 is 5.92. The van der Waals surface area contributed by atoms with Gasteiger partial charge in [0.15, 0.2) is 0 Å². The van der Waals surface area contributed by atoms with Gasteiger partial charge in [-0.05, 0) is 31.8 Å². The molecule has 3 nitrogen and oxygen atoms in total. The van der Waals surface area contributed by atoms with E-state index < -0.39 is 0 Å². The first-order valence-electron chi connectivity index (χ1n) is 6.96. The van der Waals surface area contributed by atoms with Gasteiger partial charge in [-0.3, -0.25) is 0 Å². The molecule has 0 aromatic heterocycles. The molecule has 0 saturated carbocycles. The second-order valence-corrected chi connectivity index (χ2v) is 6.43. The van der Waals surface area contributed by atoms with Crippen molar-refractivity contribution >= 4 is 0 Å². The van der Waals surface area contributed by atoms with Gasteiger partial charge in [-0.2, -0.15) is 0 Å². The van der Waals surface area contributed by atoms with E-state index in [-0.39, 0.29) is 0 Å². The van der Waals surface area contributed by atoms with Gasteiger partial charge < -0.3 is 15.0 Å². The van der Waals surface area contributed by atoms with Crippen LogP contribution in [0.4, 0.5) is 0 Å². The molecule has 0 spiro atoms. The van der Waals surface area contributed by atoms with Crippen LogP contribution < -0.4 is 5.32 Å². The fraction of sp³-hybridized carbons (Fsp3) is 1.00. The lowest BCUT2D eigenvalue weighted by molar-refractivity contribution is -0.0410. The van der Waals surface area contributed by atoms with Crippen LogP contribution in [-0.4, -0.2) is 50.3 Å². The van der Waals surface area contributed by atoms with E-state index >= 15 is 0 Å². The highest BCUT2D eigenvalue weighted by Gasteiger charge is 2.27. The first-order valence-corrected chi connectivity index (χ1v) is 6.96. The van der Waals surface area contributed by atoms with Crippen molar-refractivity contribution in [3.8, 4) is 0 Å². The number of nitrogens with zero attached hydrogens (tertiary/aromatic N) is 1. The van der Waals surface area contributed by atoms with Crippen molar-refractivity contribution in [1.29, 1.82) is 0 Å². The number of hydrogen-bond donors (Lipinski definition) is 1. The Morgan fingerprint density at radius 1 is 1.41 bits per heavy atom. The van der Waals surface area contributed by atoms with Gasteiger partial charge in [-0.25, -0.2) is 0 Å². The number of likely N-dealkylation sites (N-methyl/N-ethyl adjacent to an activating group) is 2. The van der Waals surface area contributed by atoms with Gasteiger partial charge in [0.1, 0.15) is 0 Å². The Morgan fingerprint density at radius 3 is 2.65 bits per heavy atom. The van der Waals surface area contributed by atoms with Crippen LogP contribution in [0.3, 0.4) is 0 Å². The first kappa shape index (κ1) is 14.9. The molecule has 102 valence electrons. The summed E-state index contributed by atoms with van der Waals surface area (Å²) in [5.41, 5.74) is 0.411. The Kier molecular flexibility index (Phi) is 5.90. The number of morpholine rings is 1. The van der Waals surface area contributed by atoms with E-state index in [0.29, 0.717) is 17.6 Å². The van der Waals surface area contributed by atoms with E-state index in [0.717, 1.165) is 26.2 Å². The standard InChI is InChI=1S/C14H30N2O/c1-6-15-12(7-8-14(2,3)4)13-11-16(5)9-10-17-13/h12-13,15H,6-11H2,1-5H3. The summed E-state index contributed by atoms with van der Waals surface area (Å²) in [5, 5.41) is 3.59. The maximum atomic E-state index is 5.92. The van der Waals surface area contributed by atoms with E-state index in [2.05, 4.69) is 45.0 Å². The van der Waals surface area contributed by atoms with Gasteiger partial charge in [0, 0.05) is 19.1 Å². The Bertz CT molecular complexity index is 213. The van der Waals surface area contributed by atoms with Crippen LogP contribution in [0.5, 0.6) is 0 Å². The Labute approximate surface area is 107 Å². The topological polar surface area (TPSA) is 24.5 Å². The molecule has 0 radical (unpaired) electrons. The fourth-order valence-corrected chi connectivity index (χ4v) is 2.32. The van der Waals surface area contributed by atoms with Crippen LogP contribution in [0.15, 0.2) is 0 Å². The minimum Gasteiger partial charge on any atom is -0.374 e. The molecule has 0 aliphatic carbocycles. The molecule has 1 rings (SSSR count). The average Bonchev–Trinajstić information content (AvgIpc) is 2.23. The maximum Gasteiger partial charge on any atom is 0.0855 e. The molecule has 1 N–H and O–H groups in total. The second-order valence-electron chi connectivity index (χ2n) is 6.43. The van der Waals surface area contributed by atoms with Crippen LogP contribution in [0.1, 0.15) is 40.5 Å². The van der Waals surface area contributed by atoms with Crippen molar-refractivity contribution in [3.05, 3.63) is 0 Å². The number of nitrogens with one attached hydrogen (secondary N) is 1. The van der Waals surface area contributed by atoms with Crippen molar-refractivity contribution in [1.82, 2.24) is 10.2 Å². The average molecular weight is 242 g/mol. The predicted molar refractivity (Wildman–Crippen MR) is 73.4 cm³/mol. The van der Waals surface area contributed by atoms with Gasteiger partial charge in [-0.1, -0.05) is 27.7 Å². The third-order valence-corrected chi connectivity index (χ3v) is 3.42. The van der Waals surface area contributed by atoms with Gasteiger partial charge in [0.05, 0.1) is 12.7 Å². The summed E-state index contributed by atoms with van der Waals surface area (Å²) in [6.07, 6.45) is 2.81. The Balaban J connectivity index is 2.46. The normalized spacial score (nSPS) is 24.9. The van der Waals surface area contributed by atoms with Crippen LogP contribution in [0, 0.1) is 5.41 Å². The molecule has 1 heterocycles. The highest BCUT2D eigenvalue weighted by molar-refractivity contribution is 4.83. The zero-order chi connectivity index (χ0) is 12.9. The van der Waals surface area contributed by atoms with Crippen LogP contribution >= 0.6 is 0 Å². The molecule has 17 heavy (non-hydrogen) atoms. The van der Waals surface area contributed by atoms with Crippen LogP contribution in [-0.2, 0) is 4.74 Å². The molecule has 1 saturated heterocycles. The second kappa shape index (κ2) is 6.72. The highest BCUT2D eigenvalue weighted by Crippen LogP contribution is 2.23. The highest BCUT2D eigenvalue weighted by atomic mass is 16.5. The predicted octanol–water partition coefficient (Wildman–Crippen LogP) is 2.12. The van der Waals surface area contributed by atoms with Crippen molar-refractivity contribution in [2.24, 2.45) is 5.41 Å². The third kappa shape index (κ3) is 5.84. The molecule has 3 heteroatoms. The molecule has 1 aliphatic heterocycles. The summed E-state index contributed by atoms with van der Waals surface area (Å²) in [4.78, 5) is 2.37. The third-order valence-electron chi connectivity index (χ3n) is 3.42. The molecule has 2 atom stereocenters. The number of rotatable bonds is 5. The zero-order valence-corrected chi connectivity index (χ0v) is 12.3. The molecule has 1 fully saturated rings.